The monoisotopic (exact) mass is 895 g/mol. The van der Waals surface area contributed by atoms with E-state index in [9.17, 15) is 9.59 Å². The Bertz CT molecular complexity index is 2160. The van der Waals surface area contributed by atoms with Gasteiger partial charge in [-0.1, -0.05) is 159 Å². The van der Waals surface area contributed by atoms with Crippen LogP contribution in [-0.4, -0.2) is 85.7 Å². The first-order valence-corrected chi connectivity index (χ1v) is 22.0. The number of thioether (sulfide) groups is 1. The molecule has 0 bridgehead atoms. The highest BCUT2D eigenvalue weighted by Gasteiger charge is 2.57. The Morgan fingerprint density at radius 3 is 1.69 bits per heavy atom. The summed E-state index contributed by atoms with van der Waals surface area (Å²) < 4.78 is 65.9. The van der Waals surface area contributed by atoms with Gasteiger partial charge in [-0.25, -0.2) is 0 Å². The van der Waals surface area contributed by atoms with Gasteiger partial charge in [0.1, 0.15) is 42.1 Å². The first-order valence-electron chi connectivity index (χ1n) is 21.1. The summed E-state index contributed by atoms with van der Waals surface area (Å²) in [7, 11) is 0. The summed E-state index contributed by atoms with van der Waals surface area (Å²) in [6.07, 6.45) is -9.39. The highest BCUT2D eigenvalue weighted by atomic mass is 32.2. The predicted octanol–water partition coefficient (Wildman–Crippen LogP) is 8.86. The smallest absolute Gasteiger partial charge is 0.303 e. The molecule has 3 heterocycles. The number of benzene rings is 5. The molecular formula is C51H58O12S. The molecule has 340 valence electrons. The number of carbonyl (C=O) groups is 2. The van der Waals surface area contributed by atoms with E-state index in [-0.39, 0.29) is 35.3 Å². The van der Waals surface area contributed by atoms with E-state index >= 15 is 0 Å². The van der Waals surface area contributed by atoms with E-state index in [2.05, 4.69) is 0 Å². The second-order valence-electron chi connectivity index (χ2n) is 15.5. The summed E-state index contributed by atoms with van der Waals surface area (Å²) in [6.45, 7) is 3.54. The number of carbonyl (C=O) groups excluding carboxylic acids is 2. The first-order chi connectivity index (χ1) is 30.9. The molecular weight excluding hydrogens is 837 g/mol. The molecule has 3 fully saturated rings. The van der Waals surface area contributed by atoms with Crippen LogP contribution in [0.5, 0.6) is 0 Å². The summed E-state index contributed by atoms with van der Waals surface area (Å²) in [6, 6.07) is 48.5. The number of rotatable bonds is 17. The third-order valence-corrected chi connectivity index (χ3v) is 12.0. The Labute approximate surface area is 380 Å². The van der Waals surface area contributed by atoms with E-state index in [1.54, 1.807) is 0 Å². The Morgan fingerprint density at radius 1 is 0.594 bits per heavy atom. The van der Waals surface area contributed by atoms with Gasteiger partial charge in [-0.05, 0) is 28.8 Å². The molecule has 3 aliphatic heterocycles. The standard InChI is InChI=1S/C50H52O12S.CH4.H2/c1-33(51)57-46-44(55-30-37-22-12-5-13-23-37)42(54-29-36-20-10-4-11-21-36)40(31-53-28-35-18-8-3-9-19-35)59-49(46)62-45-43-41(32-56-48(61-43)38-24-14-6-15-25-38)60-50(47(45)58-34(2)52)63-39-26-16-7-17-27-39;;/h3-27,40-50H,28-32H2,1-2H3;1H4;1H/t40?,41?,42-,43-,44-,45+,46?,47?,48?,49-,50-;;/m1../s1/i;;1+1. The minimum Gasteiger partial charge on any atom is -0.456 e. The quantitative estimate of drug-likeness (QED) is 0.0826. The second kappa shape index (κ2) is 23.3. The molecule has 0 spiro atoms. The molecule has 0 saturated carbocycles. The van der Waals surface area contributed by atoms with Gasteiger partial charge in [0.25, 0.3) is 0 Å². The van der Waals surface area contributed by atoms with Crippen molar-refractivity contribution in [3.63, 3.8) is 0 Å². The van der Waals surface area contributed by atoms with Crippen molar-refractivity contribution in [2.24, 2.45) is 0 Å². The molecule has 13 heteroatoms. The normalized spacial score (nSPS) is 27.6. The third kappa shape index (κ3) is 12.4. The van der Waals surface area contributed by atoms with Crippen molar-refractivity contribution in [1.82, 2.24) is 0 Å². The van der Waals surface area contributed by atoms with Crippen LogP contribution >= 0.6 is 11.8 Å². The largest absolute Gasteiger partial charge is 0.456 e. The highest BCUT2D eigenvalue weighted by molar-refractivity contribution is 7.99. The highest BCUT2D eigenvalue weighted by Crippen LogP contribution is 2.43. The van der Waals surface area contributed by atoms with Gasteiger partial charge >= 0.3 is 11.9 Å². The lowest BCUT2D eigenvalue weighted by atomic mass is 9.96. The zero-order valence-corrected chi connectivity index (χ0v) is 35.9. The number of esters is 2. The van der Waals surface area contributed by atoms with Crippen molar-refractivity contribution in [3.8, 4) is 0 Å². The fourth-order valence-electron chi connectivity index (χ4n) is 7.91. The van der Waals surface area contributed by atoms with Gasteiger partial charge in [0.2, 0.25) is 0 Å². The molecule has 8 rings (SSSR count). The summed E-state index contributed by atoms with van der Waals surface area (Å²) >= 11 is 1.38. The maximum Gasteiger partial charge on any atom is 0.303 e. The average molecular weight is 896 g/mol. The van der Waals surface area contributed by atoms with Crippen molar-refractivity contribution in [2.75, 3.05) is 13.2 Å². The van der Waals surface area contributed by atoms with E-state index in [1.165, 1.54) is 25.6 Å². The fraction of sp³-hybridized carbons (Fsp3) is 0.373. The van der Waals surface area contributed by atoms with E-state index in [0.717, 1.165) is 27.1 Å². The molecule has 11 atom stereocenters. The molecule has 5 unspecified atom stereocenters. The van der Waals surface area contributed by atoms with Crippen LogP contribution in [0.2, 0.25) is 0 Å². The van der Waals surface area contributed by atoms with Crippen molar-refractivity contribution in [2.45, 2.75) is 113 Å². The van der Waals surface area contributed by atoms with Gasteiger partial charge in [0.05, 0.1) is 33.0 Å². The minimum atomic E-state index is -1.30. The van der Waals surface area contributed by atoms with E-state index in [1.807, 2.05) is 152 Å². The first kappa shape index (κ1) is 47.0. The average Bonchev–Trinajstić information content (AvgIpc) is 3.31. The Morgan fingerprint density at radius 2 is 1.11 bits per heavy atom. The van der Waals surface area contributed by atoms with Crippen molar-refractivity contribution in [1.29, 1.82) is 0 Å². The van der Waals surface area contributed by atoms with Gasteiger partial charge in [-0.15, -0.1) is 0 Å². The summed E-state index contributed by atoms with van der Waals surface area (Å²) in [4.78, 5) is 27.1. The van der Waals surface area contributed by atoms with Crippen LogP contribution < -0.4 is 0 Å². The van der Waals surface area contributed by atoms with Crippen molar-refractivity contribution in [3.05, 3.63) is 174 Å². The maximum atomic E-state index is 13.2. The fourth-order valence-corrected chi connectivity index (χ4v) is 9.04. The van der Waals surface area contributed by atoms with Crippen LogP contribution in [0.15, 0.2) is 157 Å². The molecule has 5 aromatic carbocycles. The van der Waals surface area contributed by atoms with Crippen LogP contribution in [0, 0.1) is 0 Å². The molecule has 0 aliphatic carbocycles. The van der Waals surface area contributed by atoms with Crippen LogP contribution in [0.1, 0.15) is 51.2 Å². The van der Waals surface area contributed by atoms with Crippen LogP contribution in [0.3, 0.4) is 0 Å². The Hall–Kier alpha value is -4.93. The van der Waals surface area contributed by atoms with Crippen LogP contribution in [-0.2, 0) is 76.8 Å². The molecule has 3 saturated heterocycles. The van der Waals surface area contributed by atoms with Crippen LogP contribution in [0.4, 0.5) is 0 Å². The third-order valence-electron chi connectivity index (χ3n) is 10.8. The van der Waals surface area contributed by atoms with E-state index < -0.39 is 78.8 Å². The van der Waals surface area contributed by atoms with Gasteiger partial charge in [0, 0.05) is 25.7 Å². The van der Waals surface area contributed by atoms with E-state index in [0.29, 0.717) is 6.61 Å². The molecule has 0 aromatic heterocycles. The number of fused-ring (bicyclic) bond motifs is 1. The summed E-state index contributed by atoms with van der Waals surface area (Å²) in [5.74, 6) is -1.14. The second-order valence-corrected chi connectivity index (χ2v) is 16.6. The van der Waals surface area contributed by atoms with Crippen molar-refractivity contribution < 1.29 is 58.4 Å². The number of hydrogen-bond acceptors (Lipinski definition) is 13. The summed E-state index contributed by atoms with van der Waals surface area (Å²) in [5.41, 5.74) is 2.81. The minimum absolute atomic E-state index is 0. The molecule has 0 radical (unpaired) electrons. The lowest BCUT2D eigenvalue weighted by Crippen LogP contribution is -2.67. The maximum absolute atomic E-state index is 13.2. The van der Waals surface area contributed by atoms with E-state index in [4.69, 9.17) is 47.4 Å². The lowest BCUT2D eigenvalue weighted by Gasteiger charge is -2.51. The molecule has 12 nitrogen and oxygen atoms in total. The van der Waals surface area contributed by atoms with Crippen LogP contribution in [0.25, 0.3) is 0 Å². The zero-order valence-electron chi connectivity index (χ0n) is 35.1. The molecule has 3 aliphatic rings. The SMILES string of the molecule is C.CC(=O)OC1[C@@H](Sc2ccccc2)OC2COC(c3ccccc3)O[C@H]2[C@@H]1O[C@H]1OC(COCc2ccccc2)[C@@H](OCc2ccccc2)[C@@H](OCc2ccccc2)C1OC(C)=O.[2HH]. The summed E-state index contributed by atoms with van der Waals surface area (Å²) in [5, 5.41) is 0. The van der Waals surface area contributed by atoms with Gasteiger partial charge in [0.15, 0.2) is 24.8 Å². The Kier molecular flexibility index (Phi) is 17.1. The topological polar surface area (TPSA) is 126 Å². The lowest BCUT2D eigenvalue weighted by molar-refractivity contribution is -0.371. The number of ether oxygens (including phenoxy) is 10. The molecule has 0 N–H and O–H groups in total. The Balaban J connectivity index is 0.00000350. The van der Waals surface area contributed by atoms with Gasteiger partial charge < -0.3 is 47.4 Å². The zero-order chi connectivity index (χ0) is 43.4. The van der Waals surface area contributed by atoms with Crippen molar-refractivity contribution >= 4 is 23.7 Å². The molecule has 5 aromatic rings. The molecule has 64 heavy (non-hydrogen) atoms. The van der Waals surface area contributed by atoms with Gasteiger partial charge in [-0.2, -0.15) is 0 Å². The predicted molar refractivity (Wildman–Crippen MR) is 241 cm³/mol. The number of hydrogen-bond donors (Lipinski definition) is 0. The van der Waals surface area contributed by atoms with Gasteiger partial charge in [-0.3, -0.25) is 9.59 Å². The molecule has 0 amide bonds.